The number of methoxy groups -OCH3 is 1. The standard InChI is InChI=1S/C18H20ClN3O3S/c1-11(2)25-16-14(19)9-12(10-15(16)24-3)17(23)21-22-18(26)20-13-7-5-4-6-8-13/h4-11H,1-3H3,(H,21,23)(H2,20,22,26). The van der Waals surface area contributed by atoms with Crippen molar-refractivity contribution in [3.8, 4) is 11.5 Å². The third kappa shape index (κ3) is 5.50. The maximum atomic E-state index is 12.3. The molecule has 6 nitrogen and oxygen atoms in total. The molecule has 0 saturated heterocycles. The highest BCUT2D eigenvalue weighted by Crippen LogP contribution is 2.37. The Morgan fingerprint density at radius 2 is 1.85 bits per heavy atom. The molecule has 0 bridgehead atoms. The average Bonchev–Trinajstić information content (AvgIpc) is 2.61. The van der Waals surface area contributed by atoms with Gasteiger partial charge in [0.1, 0.15) is 0 Å². The Morgan fingerprint density at radius 1 is 1.15 bits per heavy atom. The van der Waals surface area contributed by atoms with Crippen LogP contribution in [0.15, 0.2) is 42.5 Å². The van der Waals surface area contributed by atoms with Crippen LogP contribution in [0.5, 0.6) is 11.5 Å². The van der Waals surface area contributed by atoms with E-state index in [0.29, 0.717) is 17.1 Å². The molecule has 0 spiro atoms. The molecule has 0 aromatic heterocycles. The number of halogens is 1. The summed E-state index contributed by atoms with van der Waals surface area (Å²) in [6, 6.07) is 12.4. The third-order valence-electron chi connectivity index (χ3n) is 3.17. The lowest BCUT2D eigenvalue weighted by atomic mass is 10.2. The second kappa shape index (κ2) is 9.26. The molecule has 0 heterocycles. The van der Waals surface area contributed by atoms with Gasteiger partial charge in [0, 0.05) is 11.3 Å². The van der Waals surface area contributed by atoms with Crippen LogP contribution in [0.2, 0.25) is 5.02 Å². The van der Waals surface area contributed by atoms with Gasteiger partial charge in [-0.25, -0.2) is 0 Å². The number of thiocarbonyl (C=S) groups is 1. The van der Waals surface area contributed by atoms with Gasteiger partial charge >= 0.3 is 0 Å². The number of carbonyl (C=O) groups is 1. The van der Waals surface area contributed by atoms with Crippen molar-refractivity contribution in [2.24, 2.45) is 0 Å². The molecule has 0 radical (unpaired) electrons. The smallest absolute Gasteiger partial charge is 0.269 e. The van der Waals surface area contributed by atoms with E-state index in [0.717, 1.165) is 5.69 Å². The van der Waals surface area contributed by atoms with Crippen LogP contribution < -0.4 is 25.6 Å². The number of carbonyl (C=O) groups excluding carboxylic acids is 1. The van der Waals surface area contributed by atoms with E-state index in [-0.39, 0.29) is 16.2 Å². The molecule has 0 saturated carbocycles. The summed E-state index contributed by atoms with van der Waals surface area (Å²) in [6.45, 7) is 3.75. The van der Waals surface area contributed by atoms with Crippen molar-refractivity contribution >= 4 is 40.5 Å². The first-order valence-electron chi connectivity index (χ1n) is 7.87. The summed E-state index contributed by atoms with van der Waals surface area (Å²) >= 11 is 11.4. The van der Waals surface area contributed by atoms with E-state index in [2.05, 4.69) is 16.2 Å². The first-order chi connectivity index (χ1) is 12.4. The number of benzene rings is 2. The Bertz CT molecular complexity index is 785. The molecular weight excluding hydrogens is 374 g/mol. The van der Waals surface area contributed by atoms with Crippen LogP contribution in [-0.2, 0) is 0 Å². The van der Waals surface area contributed by atoms with Crippen molar-refractivity contribution in [3.05, 3.63) is 53.1 Å². The minimum atomic E-state index is -0.418. The van der Waals surface area contributed by atoms with E-state index in [1.807, 2.05) is 44.2 Å². The maximum Gasteiger partial charge on any atom is 0.269 e. The van der Waals surface area contributed by atoms with E-state index in [4.69, 9.17) is 33.3 Å². The van der Waals surface area contributed by atoms with Gasteiger partial charge in [-0.15, -0.1) is 0 Å². The zero-order valence-electron chi connectivity index (χ0n) is 14.6. The predicted octanol–water partition coefficient (Wildman–Crippen LogP) is 3.77. The summed E-state index contributed by atoms with van der Waals surface area (Å²) in [5, 5.41) is 3.49. The fourth-order valence-electron chi connectivity index (χ4n) is 2.07. The fraction of sp³-hybridized carbons (Fsp3) is 0.222. The Morgan fingerprint density at radius 3 is 2.46 bits per heavy atom. The zero-order chi connectivity index (χ0) is 19.1. The van der Waals surface area contributed by atoms with Crippen molar-refractivity contribution in [2.75, 3.05) is 12.4 Å². The van der Waals surface area contributed by atoms with E-state index in [1.165, 1.54) is 13.2 Å². The minimum absolute atomic E-state index is 0.0795. The van der Waals surface area contributed by atoms with Gasteiger partial charge < -0.3 is 14.8 Å². The van der Waals surface area contributed by atoms with Crippen molar-refractivity contribution in [3.63, 3.8) is 0 Å². The highest BCUT2D eigenvalue weighted by molar-refractivity contribution is 7.80. The van der Waals surface area contributed by atoms with E-state index in [1.54, 1.807) is 6.07 Å². The highest BCUT2D eigenvalue weighted by Gasteiger charge is 2.17. The molecule has 2 aromatic rings. The highest BCUT2D eigenvalue weighted by atomic mass is 35.5. The molecule has 138 valence electrons. The number of hydrogen-bond donors (Lipinski definition) is 3. The molecule has 0 aliphatic carbocycles. The van der Waals surface area contributed by atoms with Crippen molar-refractivity contribution < 1.29 is 14.3 Å². The van der Waals surface area contributed by atoms with Crippen LogP contribution in [0.1, 0.15) is 24.2 Å². The third-order valence-corrected chi connectivity index (χ3v) is 3.65. The second-order valence-corrected chi connectivity index (χ2v) is 6.37. The average molecular weight is 394 g/mol. The van der Waals surface area contributed by atoms with Gasteiger partial charge in [0.05, 0.1) is 18.2 Å². The molecule has 0 unspecified atom stereocenters. The quantitative estimate of drug-likeness (QED) is 0.530. The van der Waals surface area contributed by atoms with Gasteiger partial charge in [-0.2, -0.15) is 0 Å². The van der Waals surface area contributed by atoms with Gasteiger partial charge in [0.15, 0.2) is 16.6 Å². The van der Waals surface area contributed by atoms with Crippen LogP contribution in [0.4, 0.5) is 5.69 Å². The van der Waals surface area contributed by atoms with Crippen LogP contribution in [0, 0.1) is 0 Å². The number of hydrazine groups is 1. The molecule has 2 aromatic carbocycles. The van der Waals surface area contributed by atoms with E-state index >= 15 is 0 Å². The molecule has 2 rings (SSSR count). The van der Waals surface area contributed by atoms with Crippen LogP contribution in [0.3, 0.4) is 0 Å². The Balaban J connectivity index is 2.02. The lowest BCUT2D eigenvalue weighted by molar-refractivity contribution is 0.0943. The summed E-state index contributed by atoms with van der Waals surface area (Å²) in [7, 11) is 1.48. The Hall–Kier alpha value is -2.51. The van der Waals surface area contributed by atoms with Crippen LogP contribution in [-0.4, -0.2) is 24.2 Å². The van der Waals surface area contributed by atoms with Crippen LogP contribution in [0.25, 0.3) is 0 Å². The monoisotopic (exact) mass is 393 g/mol. The Labute approximate surface area is 162 Å². The SMILES string of the molecule is COc1cc(C(=O)NNC(=S)Nc2ccccc2)cc(Cl)c1OC(C)C. The molecular formula is C18H20ClN3O3S. The lowest BCUT2D eigenvalue weighted by Gasteiger charge is -2.16. The summed E-state index contributed by atoms with van der Waals surface area (Å²) in [5.41, 5.74) is 6.26. The summed E-state index contributed by atoms with van der Waals surface area (Å²) < 4.78 is 10.9. The number of ether oxygens (including phenoxy) is 2. The first kappa shape index (κ1) is 19.8. The van der Waals surface area contributed by atoms with Crippen molar-refractivity contribution in [1.29, 1.82) is 0 Å². The normalized spacial score (nSPS) is 10.2. The van der Waals surface area contributed by atoms with E-state index in [9.17, 15) is 4.79 Å². The number of rotatable bonds is 5. The summed E-state index contributed by atoms with van der Waals surface area (Å²) in [5.74, 6) is 0.356. The molecule has 1 amide bonds. The largest absolute Gasteiger partial charge is 0.493 e. The molecule has 8 heteroatoms. The second-order valence-electron chi connectivity index (χ2n) is 5.56. The maximum absolute atomic E-state index is 12.3. The number of hydrogen-bond acceptors (Lipinski definition) is 4. The first-order valence-corrected chi connectivity index (χ1v) is 8.66. The fourth-order valence-corrected chi connectivity index (χ4v) is 2.49. The molecule has 0 aliphatic heterocycles. The van der Waals surface area contributed by atoms with Gasteiger partial charge in [0.2, 0.25) is 0 Å². The predicted molar refractivity (Wildman–Crippen MR) is 107 cm³/mol. The molecule has 0 aliphatic rings. The lowest BCUT2D eigenvalue weighted by Crippen LogP contribution is -2.43. The molecule has 3 N–H and O–H groups in total. The topological polar surface area (TPSA) is 71.6 Å². The van der Waals surface area contributed by atoms with Crippen LogP contribution >= 0.6 is 23.8 Å². The van der Waals surface area contributed by atoms with Gasteiger partial charge in [0.25, 0.3) is 5.91 Å². The van der Waals surface area contributed by atoms with E-state index < -0.39 is 5.91 Å². The molecule has 26 heavy (non-hydrogen) atoms. The molecule has 0 atom stereocenters. The number of amides is 1. The van der Waals surface area contributed by atoms with Crippen molar-refractivity contribution in [2.45, 2.75) is 20.0 Å². The number of nitrogens with one attached hydrogen (secondary N) is 3. The zero-order valence-corrected chi connectivity index (χ0v) is 16.2. The van der Waals surface area contributed by atoms with Gasteiger partial charge in [-0.3, -0.25) is 15.6 Å². The van der Waals surface area contributed by atoms with Crippen molar-refractivity contribution in [1.82, 2.24) is 10.9 Å². The number of para-hydroxylation sites is 1. The molecule has 0 fully saturated rings. The number of anilines is 1. The Kier molecular flexibility index (Phi) is 7.06. The summed E-state index contributed by atoms with van der Waals surface area (Å²) in [4.78, 5) is 12.3. The van der Waals surface area contributed by atoms with Gasteiger partial charge in [-0.05, 0) is 50.3 Å². The van der Waals surface area contributed by atoms with Gasteiger partial charge in [-0.1, -0.05) is 29.8 Å². The summed E-state index contributed by atoms with van der Waals surface area (Å²) in [6.07, 6.45) is -0.0795. The minimum Gasteiger partial charge on any atom is -0.493 e.